The lowest BCUT2D eigenvalue weighted by Crippen LogP contribution is -2.18. The SMILES string of the molecule is CC(C(=O)Nc1cccc(CSCC(=O)O)c1)c1ccsc1. The van der Waals surface area contributed by atoms with Gasteiger partial charge in [-0.1, -0.05) is 12.1 Å². The van der Waals surface area contributed by atoms with Gasteiger partial charge in [-0.2, -0.15) is 11.3 Å². The van der Waals surface area contributed by atoms with Crippen LogP contribution in [0.5, 0.6) is 0 Å². The molecule has 0 radical (unpaired) electrons. The van der Waals surface area contributed by atoms with Crippen LogP contribution in [0.25, 0.3) is 0 Å². The first-order valence-electron chi connectivity index (χ1n) is 6.77. The molecule has 1 heterocycles. The Labute approximate surface area is 137 Å². The molecular weight excluding hydrogens is 318 g/mol. The summed E-state index contributed by atoms with van der Waals surface area (Å²) in [5.74, 6) is -0.383. The van der Waals surface area contributed by atoms with Gasteiger partial charge in [0.25, 0.3) is 0 Å². The third-order valence-corrected chi connectivity index (χ3v) is 4.82. The monoisotopic (exact) mass is 335 g/mol. The minimum Gasteiger partial charge on any atom is -0.481 e. The summed E-state index contributed by atoms with van der Waals surface area (Å²) < 4.78 is 0. The summed E-state index contributed by atoms with van der Waals surface area (Å²) in [6.45, 7) is 1.88. The molecule has 1 aromatic carbocycles. The van der Waals surface area contributed by atoms with Crippen LogP contribution in [-0.4, -0.2) is 22.7 Å². The highest BCUT2D eigenvalue weighted by Crippen LogP contribution is 2.21. The normalized spacial score (nSPS) is 11.9. The fourth-order valence-electron chi connectivity index (χ4n) is 1.92. The second-order valence-corrected chi connectivity index (χ2v) is 6.62. The molecule has 0 fully saturated rings. The Kier molecular flexibility index (Phi) is 6.03. The Morgan fingerprint density at radius 1 is 1.36 bits per heavy atom. The van der Waals surface area contributed by atoms with E-state index < -0.39 is 5.97 Å². The fraction of sp³-hybridized carbons (Fsp3) is 0.250. The van der Waals surface area contributed by atoms with E-state index in [2.05, 4.69) is 5.32 Å². The van der Waals surface area contributed by atoms with E-state index in [0.29, 0.717) is 5.75 Å². The van der Waals surface area contributed by atoms with E-state index in [9.17, 15) is 9.59 Å². The molecule has 6 heteroatoms. The lowest BCUT2D eigenvalue weighted by Gasteiger charge is -2.12. The number of carboxylic acids is 1. The van der Waals surface area contributed by atoms with Crippen molar-refractivity contribution in [1.82, 2.24) is 0 Å². The maximum absolute atomic E-state index is 12.2. The average molecular weight is 335 g/mol. The summed E-state index contributed by atoms with van der Waals surface area (Å²) >= 11 is 2.91. The molecule has 0 saturated carbocycles. The molecule has 2 N–H and O–H groups in total. The second-order valence-electron chi connectivity index (χ2n) is 4.85. The summed E-state index contributed by atoms with van der Waals surface area (Å²) in [5, 5.41) is 15.5. The highest BCUT2D eigenvalue weighted by Gasteiger charge is 2.15. The second kappa shape index (κ2) is 8.00. The topological polar surface area (TPSA) is 66.4 Å². The van der Waals surface area contributed by atoms with E-state index in [0.717, 1.165) is 16.8 Å². The van der Waals surface area contributed by atoms with Gasteiger partial charge in [-0.25, -0.2) is 0 Å². The molecule has 0 aliphatic heterocycles. The number of rotatable bonds is 7. The molecule has 1 unspecified atom stereocenters. The molecule has 2 rings (SSSR count). The highest BCUT2D eigenvalue weighted by molar-refractivity contribution is 7.99. The van der Waals surface area contributed by atoms with E-state index in [-0.39, 0.29) is 17.6 Å². The molecule has 0 aliphatic rings. The zero-order valence-corrected chi connectivity index (χ0v) is 13.7. The van der Waals surface area contributed by atoms with E-state index in [1.807, 2.05) is 48.0 Å². The Bertz CT molecular complexity index is 641. The number of aliphatic carboxylic acids is 1. The average Bonchev–Trinajstić information content (AvgIpc) is 3.00. The molecule has 0 bridgehead atoms. The first-order valence-corrected chi connectivity index (χ1v) is 8.87. The first kappa shape index (κ1) is 16.6. The molecule has 22 heavy (non-hydrogen) atoms. The molecule has 0 saturated heterocycles. The van der Waals surface area contributed by atoms with Gasteiger partial charge in [-0.15, -0.1) is 11.8 Å². The Morgan fingerprint density at radius 3 is 2.86 bits per heavy atom. The van der Waals surface area contributed by atoms with E-state index in [1.165, 1.54) is 11.8 Å². The van der Waals surface area contributed by atoms with Crippen molar-refractivity contribution in [3.8, 4) is 0 Å². The number of amides is 1. The lowest BCUT2D eigenvalue weighted by atomic mass is 10.0. The summed E-state index contributed by atoms with van der Waals surface area (Å²) in [6, 6.07) is 9.46. The molecule has 0 aliphatic carbocycles. The van der Waals surface area contributed by atoms with Crippen molar-refractivity contribution in [2.24, 2.45) is 0 Å². The third-order valence-electron chi connectivity index (χ3n) is 3.13. The van der Waals surface area contributed by atoms with Crippen LogP contribution in [-0.2, 0) is 15.3 Å². The smallest absolute Gasteiger partial charge is 0.313 e. The van der Waals surface area contributed by atoms with Crippen LogP contribution in [0.15, 0.2) is 41.1 Å². The predicted octanol–water partition coefficient (Wildman–Crippen LogP) is 3.81. The zero-order valence-electron chi connectivity index (χ0n) is 12.1. The Morgan fingerprint density at radius 2 is 2.18 bits per heavy atom. The van der Waals surface area contributed by atoms with Gasteiger partial charge in [-0.05, 0) is 47.0 Å². The van der Waals surface area contributed by atoms with Crippen LogP contribution in [0.2, 0.25) is 0 Å². The van der Waals surface area contributed by atoms with Crippen molar-refractivity contribution in [3.63, 3.8) is 0 Å². The van der Waals surface area contributed by atoms with Crippen LogP contribution in [0.3, 0.4) is 0 Å². The van der Waals surface area contributed by atoms with Crippen molar-refractivity contribution in [1.29, 1.82) is 0 Å². The van der Waals surface area contributed by atoms with Crippen LogP contribution >= 0.6 is 23.1 Å². The first-order chi connectivity index (χ1) is 10.6. The number of hydrogen-bond acceptors (Lipinski definition) is 4. The van der Waals surface area contributed by atoms with Crippen LogP contribution in [0.4, 0.5) is 5.69 Å². The highest BCUT2D eigenvalue weighted by atomic mass is 32.2. The van der Waals surface area contributed by atoms with Gasteiger partial charge in [0, 0.05) is 11.4 Å². The van der Waals surface area contributed by atoms with Crippen molar-refractivity contribution >= 4 is 40.7 Å². The van der Waals surface area contributed by atoms with Crippen molar-refractivity contribution < 1.29 is 14.7 Å². The summed E-state index contributed by atoms with van der Waals surface area (Å²) in [5.41, 5.74) is 2.74. The van der Waals surface area contributed by atoms with Crippen LogP contribution in [0.1, 0.15) is 24.0 Å². The van der Waals surface area contributed by atoms with Gasteiger partial charge in [-0.3, -0.25) is 9.59 Å². The van der Waals surface area contributed by atoms with Crippen molar-refractivity contribution in [2.45, 2.75) is 18.6 Å². The number of nitrogens with one attached hydrogen (secondary N) is 1. The number of anilines is 1. The number of hydrogen-bond donors (Lipinski definition) is 2. The maximum Gasteiger partial charge on any atom is 0.313 e. The Balaban J connectivity index is 1.95. The molecule has 4 nitrogen and oxygen atoms in total. The summed E-state index contributed by atoms with van der Waals surface area (Å²) in [6.07, 6.45) is 0. The molecule has 1 amide bonds. The maximum atomic E-state index is 12.2. The quantitative estimate of drug-likeness (QED) is 0.807. The summed E-state index contributed by atoms with van der Waals surface area (Å²) in [4.78, 5) is 22.7. The number of carboxylic acid groups (broad SMARTS) is 1. The van der Waals surface area contributed by atoms with E-state index in [1.54, 1.807) is 11.3 Å². The predicted molar refractivity (Wildman–Crippen MR) is 91.6 cm³/mol. The Hall–Kier alpha value is -1.79. The molecular formula is C16H17NO3S2. The molecule has 0 spiro atoms. The summed E-state index contributed by atoms with van der Waals surface area (Å²) in [7, 11) is 0. The van der Waals surface area contributed by atoms with Crippen molar-refractivity contribution in [2.75, 3.05) is 11.1 Å². The minimum absolute atomic E-state index is 0.0475. The van der Waals surface area contributed by atoms with Gasteiger partial charge in [0.1, 0.15) is 0 Å². The van der Waals surface area contributed by atoms with Crippen molar-refractivity contribution in [3.05, 3.63) is 52.2 Å². The number of carbonyl (C=O) groups excluding carboxylic acids is 1. The molecule has 116 valence electrons. The molecule has 2 aromatic rings. The van der Waals surface area contributed by atoms with Gasteiger partial charge in [0.15, 0.2) is 0 Å². The lowest BCUT2D eigenvalue weighted by molar-refractivity contribution is -0.133. The fourth-order valence-corrected chi connectivity index (χ4v) is 3.36. The molecule has 1 atom stereocenters. The minimum atomic E-state index is -0.820. The van der Waals surface area contributed by atoms with Gasteiger partial charge in [0.2, 0.25) is 5.91 Å². The van der Waals surface area contributed by atoms with E-state index >= 15 is 0 Å². The largest absolute Gasteiger partial charge is 0.481 e. The zero-order chi connectivity index (χ0) is 15.9. The van der Waals surface area contributed by atoms with Gasteiger partial charge >= 0.3 is 5.97 Å². The standard InChI is InChI=1S/C16H17NO3S2/c1-11(13-5-6-21-9-13)16(20)17-14-4-2-3-12(7-14)8-22-10-15(18)19/h2-7,9,11H,8,10H2,1H3,(H,17,20)(H,18,19). The van der Waals surface area contributed by atoms with Gasteiger partial charge < -0.3 is 10.4 Å². The number of thioether (sulfide) groups is 1. The van der Waals surface area contributed by atoms with Gasteiger partial charge in [0.05, 0.1) is 11.7 Å². The van der Waals surface area contributed by atoms with E-state index in [4.69, 9.17) is 5.11 Å². The molecule has 1 aromatic heterocycles. The number of benzene rings is 1. The van der Waals surface area contributed by atoms with Crippen LogP contribution in [0, 0.1) is 0 Å². The van der Waals surface area contributed by atoms with Crippen LogP contribution < -0.4 is 5.32 Å². The third kappa shape index (κ3) is 4.89. The number of thiophene rings is 1. The number of carbonyl (C=O) groups is 2.